The number of hydrogen-bond acceptors (Lipinski definition) is 2. The lowest BCUT2D eigenvalue weighted by atomic mass is 9.85. The molecule has 22 heavy (non-hydrogen) atoms. The highest BCUT2D eigenvalue weighted by atomic mass is 16.2. The van der Waals surface area contributed by atoms with E-state index >= 15 is 0 Å². The van der Waals surface area contributed by atoms with Gasteiger partial charge < -0.3 is 10.6 Å². The third-order valence-corrected chi connectivity index (χ3v) is 5.02. The van der Waals surface area contributed by atoms with Crippen LogP contribution < -0.4 is 10.6 Å². The van der Waals surface area contributed by atoms with Crippen molar-refractivity contribution >= 4 is 17.5 Å². The molecular formula is C18H24N2O2. The molecule has 4 heteroatoms. The molecule has 0 aromatic heterocycles. The van der Waals surface area contributed by atoms with Crippen LogP contribution in [-0.2, 0) is 21.5 Å². The number of hydrogen-bond donors (Lipinski definition) is 2. The minimum absolute atomic E-state index is 0.0332. The first-order valence-corrected chi connectivity index (χ1v) is 8.21. The zero-order valence-electron chi connectivity index (χ0n) is 13.4. The minimum Gasteiger partial charge on any atom is -0.352 e. The highest BCUT2D eigenvalue weighted by molar-refractivity contribution is 6.05. The quantitative estimate of drug-likeness (QED) is 0.901. The van der Waals surface area contributed by atoms with Crippen molar-refractivity contribution in [2.24, 2.45) is 5.92 Å². The average molecular weight is 300 g/mol. The monoisotopic (exact) mass is 300 g/mol. The summed E-state index contributed by atoms with van der Waals surface area (Å²) in [7, 11) is 0. The minimum atomic E-state index is -0.501. The normalized spacial score (nSPS) is 20.4. The molecule has 1 saturated carbocycles. The number of fused-ring (bicyclic) bond motifs is 1. The highest BCUT2D eigenvalue weighted by Crippen LogP contribution is 2.37. The molecule has 1 fully saturated rings. The lowest BCUT2D eigenvalue weighted by Gasteiger charge is -2.21. The number of carbonyl (C=O) groups excluding carboxylic acids is 2. The fourth-order valence-corrected chi connectivity index (χ4v) is 3.43. The van der Waals surface area contributed by atoms with Gasteiger partial charge in [0.2, 0.25) is 11.8 Å². The lowest BCUT2D eigenvalue weighted by Crippen LogP contribution is -2.31. The Hall–Kier alpha value is -1.84. The summed E-state index contributed by atoms with van der Waals surface area (Å²) in [5, 5.41) is 5.96. The molecule has 4 nitrogen and oxygen atoms in total. The molecule has 0 spiro atoms. The van der Waals surface area contributed by atoms with Gasteiger partial charge in [-0.3, -0.25) is 9.59 Å². The van der Waals surface area contributed by atoms with E-state index in [-0.39, 0.29) is 17.7 Å². The maximum Gasteiger partial charge on any atom is 0.234 e. The van der Waals surface area contributed by atoms with Crippen LogP contribution in [0.25, 0.3) is 0 Å². The number of rotatable bonds is 3. The van der Waals surface area contributed by atoms with Gasteiger partial charge in [0, 0.05) is 18.2 Å². The van der Waals surface area contributed by atoms with Crippen LogP contribution in [0.1, 0.15) is 57.1 Å². The maximum atomic E-state index is 12.2. The topological polar surface area (TPSA) is 58.2 Å². The van der Waals surface area contributed by atoms with Crippen molar-refractivity contribution in [2.45, 2.75) is 57.9 Å². The number of carbonyl (C=O) groups is 2. The van der Waals surface area contributed by atoms with Crippen molar-refractivity contribution in [1.82, 2.24) is 5.32 Å². The Balaban J connectivity index is 1.66. The molecule has 1 aromatic carbocycles. The molecule has 0 atom stereocenters. The smallest absolute Gasteiger partial charge is 0.234 e. The molecular weight excluding hydrogens is 276 g/mol. The molecule has 0 bridgehead atoms. The Labute approximate surface area is 131 Å². The van der Waals surface area contributed by atoms with Crippen LogP contribution in [0.2, 0.25) is 0 Å². The fourth-order valence-electron chi connectivity index (χ4n) is 3.43. The number of amides is 2. The summed E-state index contributed by atoms with van der Waals surface area (Å²) in [6, 6.07) is 5.94. The van der Waals surface area contributed by atoms with Crippen LogP contribution in [0.5, 0.6) is 0 Å². The molecule has 0 saturated heterocycles. The Bertz CT molecular complexity index is 601. The highest BCUT2D eigenvalue weighted by Gasteiger charge is 2.38. The number of nitrogens with one attached hydrogen (secondary N) is 2. The molecule has 1 heterocycles. The Morgan fingerprint density at radius 3 is 2.73 bits per heavy atom. The van der Waals surface area contributed by atoms with Crippen LogP contribution in [0.4, 0.5) is 5.69 Å². The standard InChI is InChI=1S/C18H24N2O2/c1-18(2)14-10-12(8-9-15(14)20-17(18)22)11-19-16(21)13-6-4-3-5-7-13/h8-10,13H,3-7,11H2,1-2H3,(H,19,21)(H,20,22). The first-order chi connectivity index (χ1) is 10.5. The third kappa shape index (κ3) is 2.74. The molecule has 0 radical (unpaired) electrons. The predicted octanol–water partition coefficient (Wildman–Crippen LogP) is 3.11. The zero-order valence-corrected chi connectivity index (χ0v) is 13.4. The van der Waals surface area contributed by atoms with E-state index < -0.39 is 5.41 Å². The molecule has 0 unspecified atom stereocenters. The van der Waals surface area contributed by atoms with Gasteiger partial charge in [0.1, 0.15) is 0 Å². The van der Waals surface area contributed by atoms with Crippen molar-refractivity contribution in [2.75, 3.05) is 5.32 Å². The van der Waals surface area contributed by atoms with E-state index in [1.165, 1.54) is 19.3 Å². The Morgan fingerprint density at radius 1 is 1.27 bits per heavy atom. The van der Waals surface area contributed by atoms with Gasteiger partial charge >= 0.3 is 0 Å². The summed E-state index contributed by atoms with van der Waals surface area (Å²) >= 11 is 0. The van der Waals surface area contributed by atoms with Gasteiger partial charge in [-0.2, -0.15) is 0 Å². The van der Waals surface area contributed by atoms with Crippen molar-refractivity contribution in [3.05, 3.63) is 29.3 Å². The molecule has 1 aliphatic carbocycles. The number of benzene rings is 1. The summed E-state index contributed by atoms with van der Waals surface area (Å²) in [5.41, 5.74) is 2.45. The van der Waals surface area contributed by atoms with Crippen molar-refractivity contribution < 1.29 is 9.59 Å². The van der Waals surface area contributed by atoms with Gasteiger partial charge in [-0.25, -0.2) is 0 Å². The first kappa shape index (κ1) is 15.1. The summed E-state index contributed by atoms with van der Waals surface area (Å²) in [6.07, 6.45) is 5.62. The SMILES string of the molecule is CC1(C)C(=O)Nc2ccc(CNC(=O)C3CCCCC3)cc21. The summed E-state index contributed by atoms with van der Waals surface area (Å²) in [4.78, 5) is 24.2. The molecule has 2 aliphatic rings. The molecule has 3 rings (SSSR count). The third-order valence-electron chi connectivity index (χ3n) is 5.02. The Morgan fingerprint density at radius 2 is 2.00 bits per heavy atom. The van der Waals surface area contributed by atoms with Crippen molar-refractivity contribution in [3.63, 3.8) is 0 Å². The van der Waals surface area contributed by atoms with Crippen molar-refractivity contribution in [3.8, 4) is 0 Å². The largest absolute Gasteiger partial charge is 0.352 e. The van der Waals surface area contributed by atoms with Gasteiger partial charge in [0.15, 0.2) is 0 Å². The van der Waals surface area contributed by atoms with Gasteiger partial charge in [0.05, 0.1) is 5.41 Å². The van der Waals surface area contributed by atoms with Crippen LogP contribution in [-0.4, -0.2) is 11.8 Å². The van der Waals surface area contributed by atoms with Gasteiger partial charge in [-0.15, -0.1) is 0 Å². The summed E-state index contributed by atoms with van der Waals surface area (Å²) in [5.74, 6) is 0.391. The molecule has 2 amide bonds. The van der Waals surface area contributed by atoms with E-state index in [0.717, 1.165) is 29.7 Å². The molecule has 118 valence electrons. The zero-order chi connectivity index (χ0) is 15.7. The van der Waals surface area contributed by atoms with Gasteiger partial charge in [0.25, 0.3) is 0 Å². The number of anilines is 1. The van der Waals surface area contributed by atoms with E-state index in [1.54, 1.807) is 0 Å². The molecule has 2 N–H and O–H groups in total. The Kier molecular flexibility index (Phi) is 3.94. The van der Waals surface area contributed by atoms with E-state index in [2.05, 4.69) is 10.6 Å². The van der Waals surface area contributed by atoms with Crippen LogP contribution in [0.3, 0.4) is 0 Å². The second-order valence-electron chi connectivity index (χ2n) is 7.01. The molecule has 1 aliphatic heterocycles. The molecule has 1 aromatic rings. The van der Waals surface area contributed by atoms with E-state index in [4.69, 9.17) is 0 Å². The van der Waals surface area contributed by atoms with Crippen LogP contribution in [0, 0.1) is 5.92 Å². The predicted molar refractivity (Wildman–Crippen MR) is 86.5 cm³/mol. The summed E-state index contributed by atoms with van der Waals surface area (Å²) in [6.45, 7) is 4.39. The first-order valence-electron chi connectivity index (χ1n) is 8.21. The van der Waals surface area contributed by atoms with E-state index in [9.17, 15) is 9.59 Å². The van der Waals surface area contributed by atoms with E-state index in [0.29, 0.717) is 6.54 Å². The second kappa shape index (κ2) is 5.75. The second-order valence-corrected chi connectivity index (χ2v) is 7.01. The van der Waals surface area contributed by atoms with E-state index in [1.807, 2.05) is 32.0 Å². The van der Waals surface area contributed by atoms with Crippen molar-refractivity contribution in [1.29, 1.82) is 0 Å². The summed E-state index contributed by atoms with van der Waals surface area (Å²) < 4.78 is 0. The van der Waals surface area contributed by atoms with Crippen LogP contribution >= 0.6 is 0 Å². The maximum absolute atomic E-state index is 12.2. The fraction of sp³-hybridized carbons (Fsp3) is 0.556. The average Bonchev–Trinajstić information content (AvgIpc) is 2.75. The van der Waals surface area contributed by atoms with Gasteiger partial charge in [-0.1, -0.05) is 31.4 Å². The van der Waals surface area contributed by atoms with Crippen LogP contribution in [0.15, 0.2) is 18.2 Å². The van der Waals surface area contributed by atoms with Gasteiger partial charge in [-0.05, 0) is 43.9 Å². The lowest BCUT2D eigenvalue weighted by molar-refractivity contribution is -0.126.